The monoisotopic (exact) mass is 409 g/mol. The van der Waals surface area contributed by atoms with Gasteiger partial charge >= 0.3 is 0 Å². The summed E-state index contributed by atoms with van der Waals surface area (Å²) in [5.41, 5.74) is 3.97. The number of hydrogen-bond donors (Lipinski definition) is 1. The summed E-state index contributed by atoms with van der Waals surface area (Å²) in [6.07, 6.45) is 5.02. The van der Waals surface area contributed by atoms with Crippen LogP contribution < -0.4 is 10.1 Å². The number of ether oxygens (including phenoxy) is 1. The van der Waals surface area contributed by atoms with Crippen molar-refractivity contribution in [3.63, 3.8) is 0 Å². The Hall–Kier alpha value is -2.29. The van der Waals surface area contributed by atoms with Crippen LogP contribution >= 0.6 is 0 Å². The average molecular weight is 410 g/mol. The van der Waals surface area contributed by atoms with Crippen LogP contribution in [0.2, 0.25) is 0 Å². The molecule has 0 spiro atoms. The van der Waals surface area contributed by atoms with E-state index < -0.39 is 5.41 Å². The lowest BCUT2D eigenvalue weighted by atomic mass is 9.81. The molecule has 2 aromatic rings. The van der Waals surface area contributed by atoms with Gasteiger partial charge in [-0.25, -0.2) is 0 Å². The number of benzene rings is 2. The predicted octanol–water partition coefficient (Wildman–Crippen LogP) is 6.85. The molecule has 0 saturated heterocycles. The highest BCUT2D eigenvalue weighted by molar-refractivity contribution is 5.88. The van der Waals surface area contributed by atoms with Crippen LogP contribution in [-0.2, 0) is 10.2 Å². The number of carbonyl (C=O) groups excluding carboxylic acids is 1. The van der Waals surface area contributed by atoms with Crippen molar-refractivity contribution in [2.75, 3.05) is 7.05 Å². The van der Waals surface area contributed by atoms with Crippen molar-refractivity contribution < 1.29 is 9.53 Å². The molecule has 164 valence electrons. The van der Waals surface area contributed by atoms with Crippen LogP contribution in [0.3, 0.4) is 0 Å². The highest BCUT2D eigenvalue weighted by Gasteiger charge is 2.30. The summed E-state index contributed by atoms with van der Waals surface area (Å²) in [4.78, 5) is 12.5. The van der Waals surface area contributed by atoms with Gasteiger partial charge in [-0.3, -0.25) is 4.79 Å². The molecule has 1 aliphatic rings. The minimum Gasteiger partial charge on any atom is -0.490 e. The van der Waals surface area contributed by atoms with Gasteiger partial charge in [-0.15, -0.1) is 0 Å². The summed E-state index contributed by atoms with van der Waals surface area (Å²) < 4.78 is 6.45. The van der Waals surface area contributed by atoms with Crippen molar-refractivity contribution in [1.29, 1.82) is 0 Å². The Labute approximate surface area is 183 Å². The topological polar surface area (TPSA) is 38.3 Å². The molecule has 0 unspecified atom stereocenters. The Bertz CT molecular complexity index is 833. The van der Waals surface area contributed by atoms with Crippen molar-refractivity contribution in [2.45, 2.75) is 84.7 Å². The molecule has 1 amide bonds. The van der Waals surface area contributed by atoms with Gasteiger partial charge in [0.1, 0.15) is 5.75 Å². The highest BCUT2D eigenvalue weighted by atomic mass is 16.5. The summed E-state index contributed by atoms with van der Waals surface area (Å²) in [5, 5.41) is 2.80. The van der Waals surface area contributed by atoms with Gasteiger partial charge < -0.3 is 10.1 Å². The maximum absolute atomic E-state index is 12.5. The maximum Gasteiger partial charge on any atom is 0.229 e. The van der Waals surface area contributed by atoms with E-state index in [1.54, 1.807) is 7.05 Å². The molecule has 3 rings (SSSR count). The number of nitrogens with one attached hydrogen (secondary N) is 1. The van der Waals surface area contributed by atoms with Gasteiger partial charge in [-0.1, -0.05) is 58.0 Å². The number of amides is 1. The summed E-state index contributed by atoms with van der Waals surface area (Å²) in [6.45, 7) is 12.4. The van der Waals surface area contributed by atoms with Crippen molar-refractivity contribution >= 4 is 5.91 Å². The van der Waals surface area contributed by atoms with Crippen LogP contribution in [0.4, 0.5) is 0 Å². The molecule has 3 nitrogen and oxygen atoms in total. The van der Waals surface area contributed by atoms with Crippen LogP contribution in [0.1, 0.15) is 84.3 Å². The first kappa shape index (κ1) is 24.0. The van der Waals surface area contributed by atoms with Gasteiger partial charge in [-0.05, 0) is 74.3 Å². The molecule has 2 aromatic carbocycles. The Morgan fingerprint density at radius 1 is 1.03 bits per heavy atom. The largest absolute Gasteiger partial charge is 0.490 e. The molecule has 0 bridgehead atoms. The average Bonchev–Trinajstić information content (AvgIpc) is 3.27. The Morgan fingerprint density at radius 2 is 1.67 bits per heavy atom. The van der Waals surface area contributed by atoms with Crippen LogP contribution in [0, 0.1) is 0 Å². The molecule has 1 aliphatic carbocycles. The fraction of sp³-hybridized carbons (Fsp3) is 0.519. The van der Waals surface area contributed by atoms with E-state index in [-0.39, 0.29) is 5.91 Å². The molecule has 0 aliphatic heterocycles. The third-order valence-corrected chi connectivity index (χ3v) is 5.96. The third-order valence-electron chi connectivity index (χ3n) is 5.96. The van der Waals surface area contributed by atoms with E-state index in [2.05, 4.69) is 55.6 Å². The number of rotatable bonds is 6. The second kappa shape index (κ2) is 10.7. The normalized spacial score (nSPS) is 14.3. The second-order valence-electron chi connectivity index (χ2n) is 8.68. The molecule has 0 radical (unpaired) electrons. The van der Waals surface area contributed by atoms with Crippen LogP contribution in [0.15, 0.2) is 42.5 Å². The SMILES string of the molecule is CC.CNC(=O)C(C)(C)c1ccc(OC2CCCC2)c(-c2ccccc2C(C)C)c1. The number of hydrogen-bond acceptors (Lipinski definition) is 2. The predicted molar refractivity (Wildman–Crippen MR) is 127 cm³/mol. The molecule has 0 heterocycles. The quantitative estimate of drug-likeness (QED) is 0.566. The molecular formula is C27H39NO2. The molecule has 3 heteroatoms. The standard InChI is InChI=1S/C25H33NO2.C2H6/c1-17(2)20-12-8-9-13-21(20)22-16-18(25(3,4)24(27)26-5)14-15-23(22)28-19-10-6-7-11-19;1-2/h8-9,12-17,19H,6-7,10-11H2,1-5H3,(H,26,27);1-2H3. The van der Waals surface area contributed by atoms with Crippen LogP contribution in [0.25, 0.3) is 11.1 Å². The lowest BCUT2D eigenvalue weighted by molar-refractivity contribution is -0.125. The number of carbonyl (C=O) groups is 1. The van der Waals surface area contributed by atoms with Crippen LogP contribution in [-0.4, -0.2) is 19.1 Å². The first-order valence-electron chi connectivity index (χ1n) is 11.5. The summed E-state index contributed by atoms with van der Waals surface area (Å²) in [7, 11) is 1.69. The molecule has 30 heavy (non-hydrogen) atoms. The first-order chi connectivity index (χ1) is 14.3. The minimum absolute atomic E-state index is 0.0139. The lowest BCUT2D eigenvalue weighted by Crippen LogP contribution is -2.38. The van der Waals surface area contributed by atoms with E-state index in [4.69, 9.17) is 4.74 Å². The van der Waals surface area contributed by atoms with Gasteiger partial charge in [0.2, 0.25) is 5.91 Å². The van der Waals surface area contributed by atoms with E-state index in [1.807, 2.05) is 33.8 Å². The summed E-state index contributed by atoms with van der Waals surface area (Å²) in [5.74, 6) is 1.35. The van der Waals surface area contributed by atoms with E-state index in [9.17, 15) is 4.79 Å². The summed E-state index contributed by atoms with van der Waals surface area (Å²) >= 11 is 0. The summed E-state index contributed by atoms with van der Waals surface area (Å²) in [6, 6.07) is 14.8. The van der Waals surface area contributed by atoms with Gasteiger partial charge in [-0.2, -0.15) is 0 Å². The molecule has 0 aromatic heterocycles. The van der Waals surface area contributed by atoms with Gasteiger partial charge in [0.25, 0.3) is 0 Å². The molecule has 0 atom stereocenters. The molecule has 1 fully saturated rings. The molecule has 1 saturated carbocycles. The number of likely N-dealkylation sites (N-methyl/N-ethyl adjacent to an activating group) is 1. The zero-order chi connectivity index (χ0) is 22.3. The van der Waals surface area contributed by atoms with E-state index in [0.29, 0.717) is 12.0 Å². The van der Waals surface area contributed by atoms with Gasteiger partial charge in [0.15, 0.2) is 0 Å². The fourth-order valence-electron chi connectivity index (χ4n) is 4.11. The zero-order valence-corrected chi connectivity index (χ0v) is 19.8. The second-order valence-corrected chi connectivity index (χ2v) is 8.68. The van der Waals surface area contributed by atoms with E-state index in [0.717, 1.165) is 29.7 Å². The van der Waals surface area contributed by atoms with Crippen molar-refractivity contribution in [3.8, 4) is 16.9 Å². The Kier molecular flexibility index (Phi) is 8.52. The van der Waals surface area contributed by atoms with Gasteiger partial charge in [0.05, 0.1) is 11.5 Å². The first-order valence-corrected chi connectivity index (χ1v) is 11.5. The Morgan fingerprint density at radius 3 is 2.27 bits per heavy atom. The molecular weight excluding hydrogens is 370 g/mol. The van der Waals surface area contributed by atoms with Crippen molar-refractivity contribution in [3.05, 3.63) is 53.6 Å². The van der Waals surface area contributed by atoms with Crippen molar-refractivity contribution in [1.82, 2.24) is 5.32 Å². The van der Waals surface area contributed by atoms with E-state index >= 15 is 0 Å². The van der Waals surface area contributed by atoms with Crippen molar-refractivity contribution in [2.24, 2.45) is 0 Å². The van der Waals surface area contributed by atoms with Gasteiger partial charge in [0, 0.05) is 12.6 Å². The lowest BCUT2D eigenvalue weighted by Gasteiger charge is -2.26. The van der Waals surface area contributed by atoms with E-state index in [1.165, 1.54) is 24.0 Å². The third kappa shape index (κ3) is 5.24. The smallest absolute Gasteiger partial charge is 0.229 e. The molecule has 1 N–H and O–H groups in total. The Balaban J connectivity index is 0.00000155. The van der Waals surface area contributed by atoms with Crippen LogP contribution in [0.5, 0.6) is 5.75 Å². The fourth-order valence-corrected chi connectivity index (χ4v) is 4.11. The minimum atomic E-state index is -0.609. The zero-order valence-electron chi connectivity index (χ0n) is 19.8. The maximum atomic E-state index is 12.5. The highest BCUT2D eigenvalue weighted by Crippen LogP contribution is 2.40.